The minimum atomic E-state index is -0.585. The van der Waals surface area contributed by atoms with Crippen molar-refractivity contribution in [1.82, 2.24) is 10.6 Å². The van der Waals surface area contributed by atoms with Crippen molar-refractivity contribution in [3.63, 3.8) is 0 Å². The van der Waals surface area contributed by atoms with Crippen LogP contribution in [0.2, 0.25) is 0 Å². The molecule has 0 saturated heterocycles. The molecule has 1 atom stereocenters. The Kier molecular flexibility index (Phi) is 9.04. The Morgan fingerprint density at radius 3 is 2.61 bits per heavy atom. The number of rotatable bonds is 10. The van der Waals surface area contributed by atoms with Gasteiger partial charge in [-0.2, -0.15) is 11.8 Å². The van der Waals surface area contributed by atoms with Crippen molar-refractivity contribution in [1.29, 1.82) is 0 Å². The number of aryl methyl sites for hydroxylation is 1. The highest BCUT2D eigenvalue weighted by molar-refractivity contribution is 7.98. The summed E-state index contributed by atoms with van der Waals surface area (Å²) in [6.07, 6.45) is 2.56. The lowest BCUT2D eigenvalue weighted by Gasteiger charge is -2.19. The van der Waals surface area contributed by atoms with Crippen molar-refractivity contribution in [3.8, 4) is 0 Å². The number of hydrogen-bond donors (Lipinski definition) is 3. The molecule has 1 unspecified atom stereocenters. The first kappa shape index (κ1) is 22.0. The van der Waals surface area contributed by atoms with E-state index in [4.69, 9.17) is 0 Å². The third-order valence-corrected chi connectivity index (χ3v) is 4.93. The Hall–Kier alpha value is -2.31. The topological polar surface area (TPSA) is 70.2 Å². The van der Waals surface area contributed by atoms with Crippen molar-refractivity contribution in [2.75, 3.05) is 23.9 Å². The van der Waals surface area contributed by atoms with E-state index in [2.05, 4.69) is 22.9 Å². The van der Waals surface area contributed by atoms with E-state index in [0.717, 1.165) is 35.7 Å². The molecule has 0 bridgehead atoms. The van der Waals surface area contributed by atoms with Crippen LogP contribution in [0.3, 0.4) is 0 Å². The molecule has 0 fully saturated rings. The lowest BCUT2D eigenvalue weighted by Crippen LogP contribution is -2.44. The van der Waals surface area contributed by atoms with Crippen LogP contribution >= 0.6 is 11.8 Å². The molecule has 150 valence electrons. The predicted molar refractivity (Wildman–Crippen MR) is 118 cm³/mol. The highest BCUT2D eigenvalue weighted by Crippen LogP contribution is 2.13. The number of hydrogen-bond acceptors (Lipinski definition) is 4. The van der Waals surface area contributed by atoms with Crippen LogP contribution in [0.1, 0.15) is 34.8 Å². The average molecular weight is 400 g/mol. The van der Waals surface area contributed by atoms with Gasteiger partial charge in [0.15, 0.2) is 0 Å². The van der Waals surface area contributed by atoms with Gasteiger partial charge in [-0.05, 0) is 61.7 Å². The van der Waals surface area contributed by atoms with E-state index in [1.807, 2.05) is 55.6 Å². The molecule has 2 amide bonds. The zero-order chi connectivity index (χ0) is 20.4. The van der Waals surface area contributed by atoms with E-state index in [0.29, 0.717) is 12.0 Å². The number of thioether (sulfide) groups is 1. The zero-order valence-corrected chi connectivity index (χ0v) is 17.6. The SMILES string of the molecule is CCNCc1cccc(NC(=O)C(CCSC)NC(=O)c2cccc(C)c2)c1. The second-order valence-electron chi connectivity index (χ2n) is 6.65. The molecular weight excluding hydrogens is 370 g/mol. The molecule has 28 heavy (non-hydrogen) atoms. The van der Waals surface area contributed by atoms with Gasteiger partial charge < -0.3 is 16.0 Å². The maximum Gasteiger partial charge on any atom is 0.251 e. The highest BCUT2D eigenvalue weighted by atomic mass is 32.2. The molecule has 0 aliphatic carbocycles. The largest absolute Gasteiger partial charge is 0.340 e. The number of carbonyl (C=O) groups excluding carboxylic acids is 2. The van der Waals surface area contributed by atoms with Crippen LogP contribution in [0.25, 0.3) is 0 Å². The summed E-state index contributed by atoms with van der Waals surface area (Å²) >= 11 is 1.65. The third kappa shape index (κ3) is 7.02. The predicted octanol–water partition coefficient (Wildman–Crippen LogP) is 3.59. The van der Waals surface area contributed by atoms with Crippen molar-refractivity contribution in [2.24, 2.45) is 0 Å². The van der Waals surface area contributed by atoms with Gasteiger partial charge in [-0.15, -0.1) is 0 Å². The fourth-order valence-corrected chi connectivity index (χ4v) is 3.26. The molecule has 0 radical (unpaired) electrons. The van der Waals surface area contributed by atoms with E-state index < -0.39 is 6.04 Å². The van der Waals surface area contributed by atoms with Crippen LogP contribution in [-0.2, 0) is 11.3 Å². The molecule has 2 aromatic rings. The van der Waals surface area contributed by atoms with Crippen molar-refractivity contribution in [2.45, 2.75) is 32.9 Å². The maximum atomic E-state index is 12.8. The molecule has 0 spiro atoms. The zero-order valence-electron chi connectivity index (χ0n) is 16.7. The van der Waals surface area contributed by atoms with Crippen LogP contribution in [0.4, 0.5) is 5.69 Å². The summed E-state index contributed by atoms with van der Waals surface area (Å²) in [5, 5.41) is 9.10. The smallest absolute Gasteiger partial charge is 0.251 e. The summed E-state index contributed by atoms with van der Waals surface area (Å²) in [6, 6.07) is 14.5. The molecule has 2 aromatic carbocycles. The maximum absolute atomic E-state index is 12.8. The van der Waals surface area contributed by atoms with Gasteiger partial charge in [-0.3, -0.25) is 9.59 Å². The summed E-state index contributed by atoms with van der Waals surface area (Å²) in [4.78, 5) is 25.4. The highest BCUT2D eigenvalue weighted by Gasteiger charge is 2.21. The Labute approximate surface area is 171 Å². The molecule has 0 aromatic heterocycles. The van der Waals surface area contributed by atoms with Crippen LogP contribution in [-0.4, -0.2) is 36.4 Å². The summed E-state index contributed by atoms with van der Waals surface area (Å²) in [6.45, 7) is 5.63. The second kappa shape index (κ2) is 11.5. The first-order valence-corrected chi connectivity index (χ1v) is 10.9. The van der Waals surface area contributed by atoms with E-state index in [1.165, 1.54) is 0 Å². The Balaban J connectivity index is 2.07. The normalized spacial score (nSPS) is 11.7. The van der Waals surface area contributed by atoms with E-state index in [-0.39, 0.29) is 11.8 Å². The van der Waals surface area contributed by atoms with Crippen molar-refractivity contribution in [3.05, 3.63) is 65.2 Å². The molecule has 0 saturated carbocycles. The van der Waals surface area contributed by atoms with Gasteiger partial charge in [0.1, 0.15) is 6.04 Å². The molecule has 6 heteroatoms. The van der Waals surface area contributed by atoms with Gasteiger partial charge in [0.25, 0.3) is 5.91 Å². The fraction of sp³-hybridized carbons (Fsp3) is 0.364. The molecular formula is C22H29N3O2S. The van der Waals surface area contributed by atoms with Gasteiger partial charge in [-0.1, -0.05) is 36.8 Å². The first-order valence-electron chi connectivity index (χ1n) is 9.50. The number of carbonyl (C=O) groups is 2. The van der Waals surface area contributed by atoms with Crippen LogP contribution in [0.15, 0.2) is 48.5 Å². The van der Waals surface area contributed by atoms with E-state index in [9.17, 15) is 9.59 Å². The van der Waals surface area contributed by atoms with E-state index >= 15 is 0 Å². The lowest BCUT2D eigenvalue weighted by molar-refractivity contribution is -0.118. The molecule has 2 rings (SSSR count). The van der Waals surface area contributed by atoms with Gasteiger partial charge in [0.2, 0.25) is 5.91 Å². The molecule has 5 nitrogen and oxygen atoms in total. The van der Waals surface area contributed by atoms with E-state index in [1.54, 1.807) is 17.8 Å². The second-order valence-corrected chi connectivity index (χ2v) is 7.63. The molecule has 0 aliphatic rings. The molecule has 0 aliphatic heterocycles. The summed E-state index contributed by atoms with van der Waals surface area (Å²) in [5.41, 5.74) is 3.41. The van der Waals surface area contributed by atoms with Gasteiger partial charge in [0.05, 0.1) is 0 Å². The van der Waals surface area contributed by atoms with Gasteiger partial charge in [0, 0.05) is 17.8 Å². The van der Waals surface area contributed by atoms with Crippen LogP contribution in [0, 0.1) is 6.92 Å². The van der Waals surface area contributed by atoms with Crippen molar-refractivity contribution >= 4 is 29.3 Å². The number of nitrogens with one attached hydrogen (secondary N) is 3. The minimum Gasteiger partial charge on any atom is -0.340 e. The summed E-state index contributed by atoms with van der Waals surface area (Å²) < 4.78 is 0. The minimum absolute atomic E-state index is 0.198. The number of amides is 2. The van der Waals surface area contributed by atoms with Crippen molar-refractivity contribution < 1.29 is 9.59 Å². The quantitative estimate of drug-likeness (QED) is 0.571. The van der Waals surface area contributed by atoms with Gasteiger partial charge >= 0.3 is 0 Å². The molecule has 0 heterocycles. The summed E-state index contributed by atoms with van der Waals surface area (Å²) in [5.74, 6) is 0.355. The lowest BCUT2D eigenvalue weighted by atomic mass is 10.1. The van der Waals surface area contributed by atoms with Crippen LogP contribution < -0.4 is 16.0 Å². The van der Waals surface area contributed by atoms with Gasteiger partial charge in [-0.25, -0.2) is 0 Å². The number of anilines is 1. The monoisotopic (exact) mass is 399 g/mol. The number of benzene rings is 2. The Morgan fingerprint density at radius 2 is 1.89 bits per heavy atom. The Bertz CT molecular complexity index is 795. The third-order valence-electron chi connectivity index (χ3n) is 4.29. The van der Waals surface area contributed by atoms with Crippen LogP contribution in [0.5, 0.6) is 0 Å². The standard InChI is InChI=1S/C22H29N3O2S/c1-4-23-15-17-8-6-10-19(14-17)24-22(27)20(11-12-28-3)25-21(26)18-9-5-7-16(2)13-18/h5-10,13-14,20,23H,4,11-12,15H2,1-3H3,(H,24,27)(H,25,26). The Morgan fingerprint density at radius 1 is 1.11 bits per heavy atom. The fourth-order valence-electron chi connectivity index (χ4n) is 2.79. The summed E-state index contributed by atoms with van der Waals surface area (Å²) in [7, 11) is 0. The molecule has 3 N–H and O–H groups in total. The first-order chi connectivity index (χ1) is 13.5. The average Bonchev–Trinajstić information content (AvgIpc) is 2.69.